The Morgan fingerprint density at radius 2 is 1.92 bits per heavy atom. The van der Waals surface area contributed by atoms with Gasteiger partial charge >= 0.3 is 0 Å². The third-order valence-corrected chi connectivity index (χ3v) is 5.44. The van der Waals surface area contributed by atoms with Crippen LogP contribution in [-0.2, 0) is 6.42 Å². The quantitative estimate of drug-likeness (QED) is 0.480. The highest BCUT2D eigenvalue weighted by atomic mass is 32.1. The first kappa shape index (κ1) is 16.5. The zero-order valence-electron chi connectivity index (χ0n) is 14.7. The van der Waals surface area contributed by atoms with E-state index < -0.39 is 0 Å². The Labute approximate surface area is 156 Å². The Bertz CT molecular complexity index is 1070. The molecule has 0 aliphatic heterocycles. The summed E-state index contributed by atoms with van der Waals surface area (Å²) in [5.41, 5.74) is 10.7. The summed E-state index contributed by atoms with van der Waals surface area (Å²) in [4.78, 5) is 10.1. The van der Waals surface area contributed by atoms with Crippen molar-refractivity contribution in [1.82, 2.24) is 9.97 Å². The highest BCUT2D eigenvalue weighted by Gasteiger charge is 2.12. The molecule has 3 heterocycles. The number of hydrogen-bond donors (Lipinski definition) is 1. The number of ether oxygens (including phenoxy) is 1. The Kier molecular flexibility index (Phi) is 4.31. The number of nitrogen functional groups attached to an aromatic ring is 1. The maximum absolute atomic E-state index is 6.16. The van der Waals surface area contributed by atoms with Crippen molar-refractivity contribution in [3.8, 4) is 22.1 Å². The fourth-order valence-corrected chi connectivity index (χ4v) is 3.85. The first-order valence-electron chi connectivity index (χ1n) is 8.52. The van der Waals surface area contributed by atoms with Crippen LogP contribution in [0, 0.1) is 6.92 Å². The van der Waals surface area contributed by atoms with Gasteiger partial charge in [0.25, 0.3) is 0 Å². The highest BCUT2D eigenvalue weighted by Crippen LogP contribution is 2.39. The number of anilines is 1. The molecule has 0 fully saturated rings. The van der Waals surface area contributed by atoms with Crippen molar-refractivity contribution in [2.75, 3.05) is 5.73 Å². The third kappa shape index (κ3) is 3.13. The number of aryl methyl sites for hydroxylation is 2. The molecule has 0 amide bonds. The Morgan fingerprint density at radius 3 is 2.65 bits per heavy atom. The number of hydrogen-bond acceptors (Lipinski definition) is 5. The molecule has 26 heavy (non-hydrogen) atoms. The van der Waals surface area contributed by atoms with Crippen LogP contribution < -0.4 is 10.5 Å². The van der Waals surface area contributed by atoms with Gasteiger partial charge in [-0.1, -0.05) is 13.0 Å². The first-order valence-corrected chi connectivity index (χ1v) is 9.33. The summed E-state index contributed by atoms with van der Waals surface area (Å²) in [5, 5.41) is 0. The summed E-state index contributed by atoms with van der Waals surface area (Å²) in [6.45, 7) is 4.12. The van der Waals surface area contributed by atoms with Gasteiger partial charge in [0.2, 0.25) is 0 Å². The molecule has 4 aromatic rings. The zero-order valence-corrected chi connectivity index (χ0v) is 15.5. The van der Waals surface area contributed by atoms with Crippen molar-refractivity contribution in [3.05, 3.63) is 66.0 Å². The maximum Gasteiger partial charge on any atom is 0.148 e. The van der Waals surface area contributed by atoms with Gasteiger partial charge in [-0.15, -0.1) is 11.3 Å². The molecule has 0 unspecified atom stereocenters. The molecule has 0 aliphatic rings. The zero-order chi connectivity index (χ0) is 18.1. The molecule has 130 valence electrons. The number of pyridine rings is 2. The standard InChI is InChI=1S/C21H19N3OS/c1-3-14-4-6-16(24-12-14)20-11-17-21(26-20)19(8-9-23-17)25-18-7-5-15(22)10-13(18)2/h4-12H,3,22H2,1-2H3. The molecule has 0 aliphatic carbocycles. The molecule has 0 saturated carbocycles. The molecule has 3 aromatic heterocycles. The molecule has 4 nitrogen and oxygen atoms in total. The molecular formula is C21H19N3OS. The maximum atomic E-state index is 6.16. The summed E-state index contributed by atoms with van der Waals surface area (Å²) in [5.74, 6) is 1.59. The highest BCUT2D eigenvalue weighted by molar-refractivity contribution is 7.22. The summed E-state index contributed by atoms with van der Waals surface area (Å²) in [7, 11) is 0. The largest absolute Gasteiger partial charge is 0.455 e. The van der Waals surface area contributed by atoms with Crippen LogP contribution in [0.4, 0.5) is 5.69 Å². The van der Waals surface area contributed by atoms with Crippen LogP contribution in [0.5, 0.6) is 11.5 Å². The van der Waals surface area contributed by atoms with E-state index in [1.54, 1.807) is 17.5 Å². The second kappa shape index (κ2) is 6.77. The predicted molar refractivity (Wildman–Crippen MR) is 108 cm³/mol. The predicted octanol–water partition coefficient (Wildman–Crippen LogP) is 5.60. The van der Waals surface area contributed by atoms with Crippen molar-refractivity contribution in [1.29, 1.82) is 0 Å². The normalized spacial score (nSPS) is 11.0. The van der Waals surface area contributed by atoms with Gasteiger partial charge in [-0.05, 0) is 54.8 Å². The fraction of sp³-hybridized carbons (Fsp3) is 0.143. The van der Waals surface area contributed by atoms with Crippen LogP contribution in [0.2, 0.25) is 0 Å². The van der Waals surface area contributed by atoms with E-state index in [4.69, 9.17) is 10.5 Å². The SMILES string of the molecule is CCc1ccc(-c2cc3nccc(Oc4ccc(N)cc4C)c3s2)nc1. The Morgan fingerprint density at radius 1 is 1.04 bits per heavy atom. The minimum absolute atomic E-state index is 0.731. The number of aromatic nitrogens is 2. The van der Waals surface area contributed by atoms with Crippen molar-refractivity contribution in [3.63, 3.8) is 0 Å². The van der Waals surface area contributed by atoms with E-state index >= 15 is 0 Å². The van der Waals surface area contributed by atoms with Gasteiger partial charge in [0.15, 0.2) is 0 Å². The average Bonchev–Trinajstić information content (AvgIpc) is 3.09. The summed E-state index contributed by atoms with van der Waals surface area (Å²) >= 11 is 1.64. The van der Waals surface area contributed by atoms with Crippen LogP contribution in [0.25, 0.3) is 20.8 Å². The first-order chi connectivity index (χ1) is 12.6. The second-order valence-corrected chi connectivity index (χ2v) is 7.22. The van der Waals surface area contributed by atoms with E-state index in [9.17, 15) is 0 Å². The molecule has 0 spiro atoms. The molecule has 1 aromatic carbocycles. The van der Waals surface area contributed by atoms with E-state index in [0.29, 0.717) is 0 Å². The van der Waals surface area contributed by atoms with E-state index in [1.807, 2.05) is 37.4 Å². The van der Waals surface area contributed by atoms with Gasteiger partial charge in [0.1, 0.15) is 11.5 Å². The minimum Gasteiger partial charge on any atom is -0.455 e. The monoisotopic (exact) mass is 361 g/mol. The topological polar surface area (TPSA) is 61.0 Å². The molecule has 0 atom stereocenters. The van der Waals surface area contributed by atoms with Crippen LogP contribution in [0.15, 0.2) is 54.9 Å². The van der Waals surface area contributed by atoms with E-state index in [2.05, 4.69) is 35.1 Å². The van der Waals surface area contributed by atoms with Crippen LogP contribution in [0.1, 0.15) is 18.1 Å². The van der Waals surface area contributed by atoms with E-state index in [1.165, 1.54) is 5.56 Å². The number of benzene rings is 1. The number of nitrogens with zero attached hydrogens (tertiary/aromatic N) is 2. The van der Waals surface area contributed by atoms with Crippen LogP contribution in [0.3, 0.4) is 0 Å². The van der Waals surface area contributed by atoms with Gasteiger partial charge in [-0.2, -0.15) is 0 Å². The summed E-state index contributed by atoms with van der Waals surface area (Å²) < 4.78 is 7.17. The van der Waals surface area contributed by atoms with Gasteiger partial charge in [-0.3, -0.25) is 9.97 Å². The smallest absolute Gasteiger partial charge is 0.148 e. The Balaban J connectivity index is 1.73. The van der Waals surface area contributed by atoms with E-state index in [-0.39, 0.29) is 0 Å². The van der Waals surface area contributed by atoms with Crippen molar-refractivity contribution < 1.29 is 4.74 Å². The number of nitrogens with two attached hydrogens (primary N) is 1. The van der Waals surface area contributed by atoms with Crippen molar-refractivity contribution >= 4 is 27.2 Å². The van der Waals surface area contributed by atoms with Crippen LogP contribution >= 0.6 is 11.3 Å². The van der Waals surface area contributed by atoms with Gasteiger partial charge in [0.05, 0.1) is 20.8 Å². The minimum atomic E-state index is 0.731. The van der Waals surface area contributed by atoms with Gasteiger partial charge < -0.3 is 10.5 Å². The van der Waals surface area contributed by atoms with Crippen molar-refractivity contribution in [2.45, 2.75) is 20.3 Å². The van der Waals surface area contributed by atoms with Crippen molar-refractivity contribution in [2.24, 2.45) is 0 Å². The lowest BCUT2D eigenvalue weighted by Crippen LogP contribution is -1.91. The van der Waals surface area contributed by atoms with Crippen LogP contribution in [-0.4, -0.2) is 9.97 Å². The van der Waals surface area contributed by atoms with E-state index in [0.717, 1.165) is 50.0 Å². The lowest BCUT2D eigenvalue weighted by molar-refractivity contribution is 0.485. The number of fused-ring (bicyclic) bond motifs is 1. The van der Waals surface area contributed by atoms with Gasteiger partial charge in [0, 0.05) is 24.1 Å². The molecule has 4 rings (SSSR count). The third-order valence-electron chi connectivity index (χ3n) is 4.28. The summed E-state index contributed by atoms with van der Waals surface area (Å²) in [6.07, 6.45) is 4.69. The molecular weight excluding hydrogens is 342 g/mol. The molecule has 2 N–H and O–H groups in total. The number of rotatable bonds is 4. The summed E-state index contributed by atoms with van der Waals surface area (Å²) in [6, 6.07) is 13.8. The average molecular weight is 361 g/mol. The lowest BCUT2D eigenvalue weighted by Gasteiger charge is -2.09. The molecule has 0 bridgehead atoms. The lowest BCUT2D eigenvalue weighted by atomic mass is 10.2. The molecule has 0 saturated heterocycles. The number of thiophene rings is 1. The fourth-order valence-electron chi connectivity index (χ4n) is 2.81. The molecule has 5 heteroatoms. The molecule has 0 radical (unpaired) electrons. The van der Waals surface area contributed by atoms with Gasteiger partial charge in [-0.25, -0.2) is 0 Å². The Hall–Kier alpha value is -2.92. The second-order valence-electron chi connectivity index (χ2n) is 6.17.